The number of hydrogen-bond donors (Lipinski definition) is 1. The average molecular weight is 435 g/mol. The van der Waals surface area contributed by atoms with Crippen molar-refractivity contribution in [3.63, 3.8) is 0 Å². The lowest BCUT2D eigenvalue weighted by Crippen LogP contribution is -2.44. The van der Waals surface area contributed by atoms with Gasteiger partial charge in [0.2, 0.25) is 5.91 Å². The summed E-state index contributed by atoms with van der Waals surface area (Å²) in [4.78, 5) is 23.7. The summed E-state index contributed by atoms with van der Waals surface area (Å²) in [6, 6.07) is 11.9. The summed E-state index contributed by atoms with van der Waals surface area (Å²) < 4.78 is 7.53. The van der Waals surface area contributed by atoms with E-state index < -0.39 is 0 Å². The average Bonchev–Trinajstić information content (AvgIpc) is 3.16. The van der Waals surface area contributed by atoms with Gasteiger partial charge in [-0.25, -0.2) is 14.6 Å². The maximum absolute atomic E-state index is 12.7. The van der Waals surface area contributed by atoms with E-state index in [0.717, 1.165) is 48.2 Å². The molecule has 0 spiro atoms. The molecule has 1 fully saturated rings. The minimum atomic E-state index is -0.0739. The normalized spacial score (nSPS) is 16.1. The Morgan fingerprint density at radius 3 is 2.66 bits per heavy atom. The van der Waals surface area contributed by atoms with Crippen LogP contribution in [0.4, 0.5) is 5.82 Å². The first-order valence-corrected chi connectivity index (χ1v) is 11.1. The number of benzene rings is 1. The molecule has 0 radical (unpaired) electrons. The summed E-state index contributed by atoms with van der Waals surface area (Å²) in [6.45, 7) is 8.45. The second-order valence-electron chi connectivity index (χ2n) is 8.31. The summed E-state index contributed by atoms with van der Waals surface area (Å²) in [5.74, 6) is 2.37. The van der Waals surface area contributed by atoms with E-state index in [-0.39, 0.29) is 11.8 Å². The number of aromatic nitrogens is 4. The fourth-order valence-corrected chi connectivity index (χ4v) is 4.01. The highest BCUT2D eigenvalue weighted by molar-refractivity contribution is 5.79. The molecule has 1 atom stereocenters. The molecule has 8 nitrogen and oxygen atoms in total. The number of rotatable bonds is 7. The third-order valence-corrected chi connectivity index (χ3v) is 5.67. The molecule has 3 heterocycles. The third kappa shape index (κ3) is 5.25. The second kappa shape index (κ2) is 9.80. The molecule has 8 heteroatoms. The number of anilines is 1. The van der Waals surface area contributed by atoms with Gasteiger partial charge in [0.1, 0.15) is 24.5 Å². The van der Waals surface area contributed by atoms with Gasteiger partial charge in [-0.2, -0.15) is 5.10 Å². The van der Waals surface area contributed by atoms with Crippen LogP contribution in [0.1, 0.15) is 29.8 Å². The van der Waals surface area contributed by atoms with Crippen LogP contribution in [-0.4, -0.2) is 51.9 Å². The van der Waals surface area contributed by atoms with Crippen molar-refractivity contribution < 1.29 is 9.53 Å². The van der Waals surface area contributed by atoms with Gasteiger partial charge in [-0.1, -0.05) is 17.7 Å². The molecule has 0 bridgehead atoms. The van der Waals surface area contributed by atoms with Crippen molar-refractivity contribution >= 4 is 11.7 Å². The van der Waals surface area contributed by atoms with Crippen molar-refractivity contribution in [3.8, 4) is 11.6 Å². The Balaban J connectivity index is 1.32. The summed E-state index contributed by atoms with van der Waals surface area (Å²) in [6.07, 6.45) is 3.38. The summed E-state index contributed by atoms with van der Waals surface area (Å²) in [5.41, 5.74) is 3.16. The number of ether oxygens (including phenoxy) is 1. The van der Waals surface area contributed by atoms with Crippen LogP contribution in [0.3, 0.4) is 0 Å². The van der Waals surface area contributed by atoms with Crippen LogP contribution in [0.2, 0.25) is 0 Å². The minimum absolute atomic E-state index is 0.0648. The summed E-state index contributed by atoms with van der Waals surface area (Å²) in [5, 5.41) is 7.53. The summed E-state index contributed by atoms with van der Waals surface area (Å²) >= 11 is 0. The molecule has 168 valence electrons. The second-order valence-corrected chi connectivity index (χ2v) is 8.31. The van der Waals surface area contributed by atoms with E-state index in [1.807, 2.05) is 61.9 Å². The zero-order chi connectivity index (χ0) is 22.5. The molecular weight excluding hydrogens is 404 g/mol. The highest BCUT2D eigenvalue weighted by atomic mass is 16.5. The predicted molar refractivity (Wildman–Crippen MR) is 123 cm³/mol. The van der Waals surface area contributed by atoms with E-state index in [0.29, 0.717) is 19.7 Å². The van der Waals surface area contributed by atoms with Crippen LogP contribution in [0, 0.1) is 26.7 Å². The Morgan fingerprint density at radius 2 is 1.91 bits per heavy atom. The molecule has 1 saturated heterocycles. The first-order chi connectivity index (χ1) is 15.5. The van der Waals surface area contributed by atoms with Crippen LogP contribution in [0.25, 0.3) is 5.82 Å². The van der Waals surface area contributed by atoms with E-state index in [1.54, 1.807) is 6.33 Å². The number of hydrogen-bond acceptors (Lipinski definition) is 6. The van der Waals surface area contributed by atoms with Crippen LogP contribution in [0.15, 0.2) is 42.7 Å². The van der Waals surface area contributed by atoms with Crippen molar-refractivity contribution in [2.24, 2.45) is 5.92 Å². The Kier molecular flexibility index (Phi) is 6.68. The van der Waals surface area contributed by atoms with Gasteiger partial charge in [-0.3, -0.25) is 4.79 Å². The molecule has 0 aliphatic carbocycles. The van der Waals surface area contributed by atoms with Crippen molar-refractivity contribution in [2.45, 2.75) is 33.6 Å². The monoisotopic (exact) mass is 434 g/mol. The van der Waals surface area contributed by atoms with Gasteiger partial charge in [0.15, 0.2) is 5.82 Å². The minimum Gasteiger partial charge on any atom is -0.492 e. The van der Waals surface area contributed by atoms with E-state index in [2.05, 4.69) is 25.3 Å². The topological polar surface area (TPSA) is 85.2 Å². The van der Waals surface area contributed by atoms with Crippen LogP contribution < -0.4 is 15.0 Å². The third-order valence-electron chi connectivity index (χ3n) is 5.67. The number of carbonyl (C=O) groups is 1. The van der Waals surface area contributed by atoms with Gasteiger partial charge >= 0.3 is 0 Å². The first-order valence-electron chi connectivity index (χ1n) is 11.1. The van der Waals surface area contributed by atoms with Crippen molar-refractivity contribution in [2.75, 3.05) is 31.1 Å². The molecule has 1 N–H and O–H groups in total. The first kappa shape index (κ1) is 21.8. The van der Waals surface area contributed by atoms with Crippen LogP contribution in [0.5, 0.6) is 5.75 Å². The predicted octanol–water partition coefficient (Wildman–Crippen LogP) is 3.00. The molecule has 4 rings (SSSR count). The molecule has 1 aromatic carbocycles. The van der Waals surface area contributed by atoms with Gasteiger partial charge < -0.3 is 15.0 Å². The van der Waals surface area contributed by atoms with Gasteiger partial charge in [0.05, 0.1) is 18.2 Å². The molecule has 1 aliphatic heterocycles. The standard InChI is InChI=1S/C24H30N6O2/c1-17-6-8-21(9-7-17)32-12-10-25-24(31)20-5-4-11-29(15-20)22-14-23(27-16-26-22)30-19(3)13-18(2)28-30/h6-9,13-14,16,20H,4-5,10-12,15H2,1-3H3,(H,25,31). The molecular formula is C24H30N6O2. The molecule has 32 heavy (non-hydrogen) atoms. The lowest BCUT2D eigenvalue weighted by molar-refractivity contribution is -0.125. The maximum Gasteiger partial charge on any atom is 0.225 e. The van der Waals surface area contributed by atoms with Crippen molar-refractivity contribution in [1.82, 2.24) is 25.1 Å². The number of piperidine rings is 1. The highest BCUT2D eigenvalue weighted by Gasteiger charge is 2.26. The number of nitrogens with one attached hydrogen (secondary N) is 1. The maximum atomic E-state index is 12.7. The van der Waals surface area contributed by atoms with E-state index >= 15 is 0 Å². The fourth-order valence-electron chi connectivity index (χ4n) is 4.01. The van der Waals surface area contributed by atoms with Crippen LogP contribution >= 0.6 is 0 Å². The molecule has 3 aromatic rings. The van der Waals surface area contributed by atoms with Gasteiger partial charge in [-0.05, 0) is 51.8 Å². The van der Waals surface area contributed by atoms with Crippen molar-refractivity contribution in [3.05, 3.63) is 59.7 Å². The number of aryl methyl sites for hydroxylation is 3. The quantitative estimate of drug-likeness (QED) is 0.576. The molecule has 1 aliphatic rings. The highest BCUT2D eigenvalue weighted by Crippen LogP contribution is 2.23. The van der Waals surface area contributed by atoms with Gasteiger partial charge in [-0.15, -0.1) is 0 Å². The number of carbonyl (C=O) groups excluding carboxylic acids is 1. The number of amides is 1. The molecule has 1 amide bonds. The van der Waals surface area contributed by atoms with E-state index in [4.69, 9.17) is 4.74 Å². The lowest BCUT2D eigenvalue weighted by Gasteiger charge is -2.32. The number of nitrogens with zero attached hydrogens (tertiary/aromatic N) is 5. The molecule has 1 unspecified atom stereocenters. The zero-order valence-corrected chi connectivity index (χ0v) is 18.9. The summed E-state index contributed by atoms with van der Waals surface area (Å²) in [7, 11) is 0. The Labute approximate surface area is 188 Å². The van der Waals surface area contributed by atoms with Gasteiger partial charge in [0, 0.05) is 24.8 Å². The van der Waals surface area contributed by atoms with Gasteiger partial charge in [0.25, 0.3) is 0 Å². The Bertz CT molecular complexity index is 1060. The fraction of sp³-hybridized carbons (Fsp3) is 0.417. The van der Waals surface area contributed by atoms with Crippen LogP contribution in [-0.2, 0) is 4.79 Å². The molecule has 2 aromatic heterocycles. The van der Waals surface area contributed by atoms with E-state index in [9.17, 15) is 4.79 Å². The molecule has 0 saturated carbocycles. The van der Waals surface area contributed by atoms with E-state index in [1.165, 1.54) is 5.56 Å². The SMILES string of the molecule is Cc1ccc(OCCNC(=O)C2CCCN(c3cc(-n4nc(C)cc4C)ncn3)C2)cc1. The Morgan fingerprint density at radius 1 is 1.12 bits per heavy atom. The smallest absolute Gasteiger partial charge is 0.225 e. The zero-order valence-electron chi connectivity index (χ0n) is 18.9. The van der Waals surface area contributed by atoms with Crippen molar-refractivity contribution in [1.29, 1.82) is 0 Å². The lowest BCUT2D eigenvalue weighted by atomic mass is 9.97. The Hall–Kier alpha value is -3.42. The largest absolute Gasteiger partial charge is 0.492 e.